The Morgan fingerprint density at radius 1 is 0.389 bits per heavy atom. The maximum Gasteiger partial charge on any atom is 0.194 e. The van der Waals surface area contributed by atoms with Gasteiger partial charge in [0.05, 0.1) is 5.76 Å². The minimum atomic E-state index is -0.125. The van der Waals surface area contributed by atoms with Gasteiger partial charge < -0.3 is 30.0 Å². The summed E-state index contributed by atoms with van der Waals surface area (Å²) in [5, 5.41) is 8.36. The molecule has 0 aliphatic heterocycles. The predicted octanol–water partition coefficient (Wildman–Crippen LogP) is 19.3. The molecule has 0 fully saturated rings. The Labute approximate surface area is 612 Å². The largest absolute Gasteiger partial charge is 0.512 e. The Balaban J connectivity index is 0.000000210. The number of hydrogen-bond acceptors (Lipinski definition) is 8. The number of rotatable bonds is 9. The van der Waals surface area contributed by atoms with Crippen molar-refractivity contribution in [1.82, 2.24) is 24.9 Å². The van der Waals surface area contributed by atoms with Crippen molar-refractivity contribution in [1.29, 1.82) is 0 Å². The van der Waals surface area contributed by atoms with E-state index in [0.29, 0.717) is 11.1 Å². The third kappa shape index (κ3) is 22.3. The Hall–Kier alpha value is -9.01. The van der Waals surface area contributed by atoms with Crippen LogP contribution in [0, 0.1) is 37.3 Å². The van der Waals surface area contributed by atoms with Crippen molar-refractivity contribution in [3.63, 3.8) is 0 Å². The zero-order valence-corrected chi connectivity index (χ0v) is 62.3. The normalized spacial score (nSPS) is 10.7. The van der Waals surface area contributed by atoms with Crippen LogP contribution in [0.15, 0.2) is 310 Å². The number of aryl methyl sites for hydroxylation is 1. The molecule has 0 amide bonds. The average molecular weight is 1950 g/mol. The third-order valence-corrected chi connectivity index (χ3v) is 14.4. The molecule has 0 saturated carbocycles. The third-order valence-electron chi connectivity index (χ3n) is 14.4. The summed E-state index contributed by atoms with van der Waals surface area (Å²) < 4.78 is 0. The summed E-state index contributed by atoms with van der Waals surface area (Å²) in [5.74, 6) is -0.0748. The van der Waals surface area contributed by atoms with Gasteiger partial charge in [0.2, 0.25) is 0 Å². The molecule has 0 unspecified atom stereocenters. The quantitative estimate of drug-likeness (QED) is 0.0657. The van der Waals surface area contributed by atoms with Crippen LogP contribution in [-0.2, 0) is 90.6 Å². The van der Waals surface area contributed by atoms with E-state index in [1.807, 2.05) is 207 Å². The topological polar surface area (TPSA) is 119 Å². The monoisotopic (exact) mass is 1950 g/mol. The number of nitrogens with zero attached hydrogens (tertiary/aromatic N) is 5. The molecule has 8 nitrogen and oxygen atoms in total. The molecule has 12 heteroatoms. The molecule has 1 aliphatic carbocycles. The van der Waals surface area contributed by atoms with Gasteiger partial charge in [0, 0.05) is 134 Å². The van der Waals surface area contributed by atoms with Crippen LogP contribution in [0.25, 0.3) is 78.5 Å². The Morgan fingerprint density at radius 2 is 0.821 bits per heavy atom. The number of allylic oxidation sites excluding steroid dienone is 2. The standard InChI is InChI=1S/C20H16N.C18H12NO.C18H14N.2C11H8N.C5H8O2.4Ir/c1-20(2)17-8-4-3-7-15(17)16-11-10-14(13-18(16)20)19-9-5-6-12-21-19;20-18(15-9-5-2-6-10-15)16-11-12-17(19-13-16)14-7-3-1-4-8-14;1-14-12-18(16-10-6-3-7-11-16)19-13-17(14)15-8-4-2-5-9-15;2*1-2-6-10(7-3-1)11-8-4-5-9-12-11;1-4(6)3-5(2)7;;;;/h3-9,11-13H,1-2H3;1-7,9-13H;2-10,12-13H,1H3;2*1-6,8-9H;3,6H,1-2H3;;;;/q5*-1;;;;;. The van der Waals surface area contributed by atoms with Crippen molar-refractivity contribution in [2.45, 2.75) is 40.0 Å². The number of carbonyl (C=O) groups is 2. The van der Waals surface area contributed by atoms with Crippen molar-refractivity contribution in [2.75, 3.05) is 0 Å². The van der Waals surface area contributed by atoms with Crippen LogP contribution in [0.1, 0.15) is 60.3 Å². The van der Waals surface area contributed by atoms with E-state index in [-0.39, 0.29) is 103 Å². The summed E-state index contributed by atoms with van der Waals surface area (Å²) >= 11 is 0. The SMILES string of the molecule is CC(=O)C=C(C)O.CC1(C)c2ccccc2-c2c[c-]c(-c3ccccn3)cc21.Cc1cc(-c2[c-]cccc2)ncc1-c1ccccc1.O=C(c1ccccc1)c1ccc(-c2[c-]cccc2)nc1.[Ir].[Ir].[Ir].[Ir].[c-]1ccccc1-c1ccccn1.[c-]1ccccc1-c1ccccn1. The van der Waals surface area contributed by atoms with Gasteiger partial charge in [-0.1, -0.05) is 165 Å². The molecule has 0 bridgehead atoms. The average Bonchev–Trinajstić information content (AvgIpc) is 1.59. The summed E-state index contributed by atoms with van der Waals surface area (Å²) in [6, 6.07) is 103. The minimum Gasteiger partial charge on any atom is -0.512 e. The van der Waals surface area contributed by atoms with E-state index in [4.69, 9.17) is 5.11 Å². The molecule has 0 atom stereocenters. The zero-order valence-electron chi connectivity index (χ0n) is 52.7. The molecule has 1 aliphatic rings. The van der Waals surface area contributed by atoms with Crippen molar-refractivity contribution < 1.29 is 95.1 Å². The first-order valence-electron chi connectivity index (χ1n) is 29.7. The molecule has 95 heavy (non-hydrogen) atoms. The minimum absolute atomic E-state index is 0. The van der Waals surface area contributed by atoms with Crippen LogP contribution in [0.2, 0.25) is 0 Å². The first-order chi connectivity index (χ1) is 44.4. The molecule has 482 valence electrons. The Morgan fingerprint density at radius 3 is 1.24 bits per heavy atom. The van der Waals surface area contributed by atoms with Crippen molar-refractivity contribution >= 4 is 11.6 Å². The molecule has 5 aromatic heterocycles. The number of fused-ring (bicyclic) bond motifs is 3. The second kappa shape index (κ2) is 39.6. The smallest absolute Gasteiger partial charge is 0.194 e. The summed E-state index contributed by atoms with van der Waals surface area (Å²) in [7, 11) is 0. The number of aliphatic hydroxyl groups is 1. The number of benzene rings is 8. The second-order valence-corrected chi connectivity index (χ2v) is 21.4. The number of hydrogen-bond donors (Lipinski definition) is 1. The zero-order chi connectivity index (χ0) is 63.6. The van der Waals surface area contributed by atoms with Crippen LogP contribution in [0.3, 0.4) is 0 Å². The first-order valence-corrected chi connectivity index (χ1v) is 29.7. The van der Waals surface area contributed by atoms with Gasteiger partial charge in [0.25, 0.3) is 0 Å². The molecule has 5 heterocycles. The predicted molar refractivity (Wildman–Crippen MR) is 367 cm³/mol. The maximum atomic E-state index is 12.2. The molecule has 0 spiro atoms. The van der Waals surface area contributed by atoms with Gasteiger partial charge in [-0.25, -0.2) is 0 Å². The van der Waals surface area contributed by atoms with Gasteiger partial charge in [-0.3, -0.25) is 9.59 Å². The maximum absolute atomic E-state index is 12.2. The van der Waals surface area contributed by atoms with E-state index < -0.39 is 0 Å². The first kappa shape index (κ1) is 76.7. The fraction of sp³-hybridized carbons (Fsp3) is 0.0723. The molecular weight excluding hydrogens is 1880 g/mol. The summed E-state index contributed by atoms with van der Waals surface area (Å²) in [5.41, 5.74) is 20.1. The van der Waals surface area contributed by atoms with Crippen LogP contribution < -0.4 is 0 Å². The van der Waals surface area contributed by atoms with E-state index in [0.717, 1.165) is 56.3 Å². The fourth-order valence-corrected chi connectivity index (χ4v) is 9.93. The van der Waals surface area contributed by atoms with Crippen molar-refractivity contribution in [3.8, 4) is 78.5 Å². The Kier molecular flexibility index (Phi) is 32.0. The van der Waals surface area contributed by atoms with Gasteiger partial charge in [-0.2, -0.15) is 0 Å². The molecule has 1 N–H and O–H groups in total. The van der Waals surface area contributed by atoms with E-state index in [2.05, 4.69) is 131 Å². The second-order valence-electron chi connectivity index (χ2n) is 21.4. The summed E-state index contributed by atoms with van der Waals surface area (Å²) in [6.45, 7) is 9.55. The van der Waals surface area contributed by atoms with Gasteiger partial charge >= 0.3 is 0 Å². The molecular formula is C83H66Ir4N5O3-5. The summed E-state index contributed by atoms with van der Waals surface area (Å²) in [6.07, 6.45) is 10.1. The van der Waals surface area contributed by atoms with Crippen molar-refractivity contribution in [3.05, 3.63) is 368 Å². The Bertz CT molecular complexity index is 4260. The van der Waals surface area contributed by atoms with Gasteiger partial charge in [0.1, 0.15) is 0 Å². The molecule has 14 rings (SSSR count). The van der Waals surface area contributed by atoms with Crippen molar-refractivity contribution in [2.24, 2.45) is 0 Å². The number of carbonyl (C=O) groups excluding carboxylic acids is 2. The molecule has 0 saturated heterocycles. The van der Waals surface area contributed by atoms with Crippen LogP contribution in [0.5, 0.6) is 0 Å². The van der Waals surface area contributed by atoms with E-state index in [1.54, 1.807) is 36.8 Å². The van der Waals surface area contributed by atoms with Gasteiger partial charge in [0.15, 0.2) is 11.6 Å². The van der Waals surface area contributed by atoms with E-state index in [1.165, 1.54) is 58.9 Å². The molecule has 8 aromatic carbocycles. The van der Waals surface area contributed by atoms with Crippen LogP contribution in [-0.4, -0.2) is 41.6 Å². The molecule has 13 aromatic rings. The number of aromatic nitrogens is 5. The van der Waals surface area contributed by atoms with E-state index in [9.17, 15) is 9.59 Å². The van der Waals surface area contributed by atoms with E-state index >= 15 is 0 Å². The van der Waals surface area contributed by atoms with Crippen LogP contribution >= 0.6 is 0 Å². The van der Waals surface area contributed by atoms with Gasteiger partial charge in [-0.05, 0) is 89.5 Å². The van der Waals surface area contributed by atoms with Gasteiger partial charge in [-0.15, -0.1) is 173 Å². The number of aliphatic hydroxyl groups excluding tert-OH is 1. The molecule has 4 radical (unpaired) electrons. The summed E-state index contributed by atoms with van der Waals surface area (Å²) in [4.78, 5) is 44.0. The fourth-order valence-electron chi connectivity index (χ4n) is 9.93. The number of pyridine rings is 5. The van der Waals surface area contributed by atoms with Crippen LogP contribution in [0.4, 0.5) is 0 Å². The number of ketones is 2.